The van der Waals surface area contributed by atoms with Crippen LogP contribution in [0.25, 0.3) is 5.70 Å². The number of carbonyl (C=O) groups is 1. The van der Waals surface area contributed by atoms with Gasteiger partial charge in [0.15, 0.2) is 0 Å². The van der Waals surface area contributed by atoms with E-state index in [0.29, 0.717) is 17.7 Å². The van der Waals surface area contributed by atoms with Gasteiger partial charge in [0, 0.05) is 17.5 Å². The lowest BCUT2D eigenvalue weighted by Crippen LogP contribution is -2.38. The van der Waals surface area contributed by atoms with Gasteiger partial charge in [0.05, 0.1) is 12.2 Å². The maximum Gasteiger partial charge on any atom is 0.259 e. The van der Waals surface area contributed by atoms with E-state index in [9.17, 15) is 9.90 Å². The Hall–Kier alpha value is -1.81. The SMILES string of the molecule is CCC1=C2c3ccccc3C(=O)N2CC(O)O1. The second-order valence-corrected chi connectivity index (χ2v) is 4.16. The molecule has 4 heteroatoms. The molecule has 2 heterocycles. The molecule has 3 rings (SSSR count). The summed E-state index contributed by atoms with van der Waals surface area (Å²) >= 11 is 0. The molecule has 17 heavy (non-hydrogen) atoms. The van der Waals surface area contributed by atoms with E-state index in [1.165, 1.54) is 0 Å². The fourth-order valence-electron chi connectivity index (χ4n) is 2.41. The van der Waals surface area contributed by atoms with Crippen molar-refractivity contribution >= 4 is 11.6 Å². The summed E-state index contributed by atoms with van der Waals surface area (Å²) in [4.78, 5) is 13.8. The minimum atomic E-state index is -0.924. The molecule has 0 fully saturated rings. The van der Waals surface area contributed by atoms with Crippen LogP contribution in [0.1, 0.15) is 29.3 Å². The van der Waals surface area contributed by atoms with Crippen molar-refractivity contribution in [3.63, 3.8) is 0 Å². The van der Waals surface area contributed by atoms with E-state index in [0.717, 1.165) is 11.3 Å². The Kier molecular flexibility index (Phi) is 2.19. The highest BCUT2D eigenvalue weighted by Gasteiger charge is 2.39. The molecule has 1 aromatic carbocycles. The van der Waals surface area contributed by atoms with E-state index in [-0.39, 0.29) is 12.5 Å². The van der Waals surface area contributed by atoms with Crippen molar-refractivity contribution in [3.05, 3.63) is 41.2 Å². The van der Waals surface area contributed by atoms with Crippen LogP contribution in [-0.4, -0.2) is 28.7 Å². The number of allylic oxidation sites excluding steroid dienone is 1. The molecule has 2 aliphatic rings. The maximum atomic E-state index is 12.2. The van der Waals surface area contributed by atoms with Gasteiger partial charge in [-0.1, -0.05) is 25.1 Å². The fourth-order valence-corrected chi connectivity index (χ4v) is 2.41. The molecule has 0 spiro atoms. The van der Waals surface area contributed by atoms with Crippen LogP contribution in [0.4, 0.5) is 0 Å². The molecular weight excluding hydrogens is 218 g/mol. The molecule has 0 radical (unpaired) electrons. The number of carbonyl (C=O) groups excluding carboxylic acids is 1. The summed E-state index contributed by atoms with van der Waals surface area (Å²) in [6, 6.07) is 7.47. The Balaban J connectivity index is 2.22. The van der Waals surface area contributed by atoms with E-state index in [1.807, 2.05) is 31.2 Å². The molecule has 4 nitrogen and oxygen atoms in total. The summed E-state index contributed by atoms with van der Waals surface area (Å²) < 4.78 is 5.40. The maximum absolute atomic E-state index is 12.2. The van der Waals surface area contributed by atoms with Gasteiger partial charge in [0.1, 0.15) is 5.76 Å². The third kappa shape index (κ3) is 1.37. The van der Waals surface area contributed by atoms with Gasteiger partial charge < -0.3 is 9.84 Å². The lowest BCUT2D eigenvalue weighted by molar-refractivity contribution is -0.0847. The lowest BCUT2D eigenvalue weighted by Gasteiger charge is -2.30. The number of hydrogen-bond acceptors (Lipinski definition) is 3. The minimum absolute atomic E-state index is 0.0519. The Bertz CT molecular complexity index is 521. The summed E-state index contributed by atoms with van der Waals surface area (Å²) in [5.74, 6) is 0.631. The summed E-state index contributed by atoms with van der Waals surface area (Å²) in [5, 5.41) is 9.60. The Labute approximate surface area is 99.1 Å². The number of aliphatic hydroxyl groups is 1. The number of amides is 1. The average molecular weight is 231 g/mol. The van der Waals surface area contributed by atoms with Gasteiger partial charge in [-0.15, -0.1) is 0 Å². The first kappa shape index (κ1) is 10.4. The van der Waals surface area contributed by atoms with Crippen molar-refractivity contribution in [3.8, 4) is 0 Å². The van der Waals surface area contributed by atoms with Crippen LogP contribution in [0.2, 0.25) is 0 Å². The second kappa shape index (κ2) is 3.60. The van der Waals surface area contributed by atoms with Crippen LogP contribution >= 0.6 is 0 Å². The van der Waals surface area contributed by atoms with Crippen LogP contribution in [0.5, 0.6) is 0 Å². The zero-order valence-corrected chi connectivity index (χ0v) is 9.51. The Morgan fingerprint density at radius 2 is 2.12 bits per heavy atom. The molecule has 88 valence electrons. The number of benzene rings is 1. The van der Waals surface area contributed by atoms with Crippen molar-refractivity contribution in [1.29, 1.82) is 0 Å². The summed E-state index contributed by atoms with van der Waals surface area (Å²) in [5.41, 5.74) is 2.41. The highest BCUT2D eigenvalue weighted by molar-refractivity contribution is 6.09. The van der Waals surface area contributed by atoms with Crippen LogP contribution in [0.15, 0.2) is 30.0 Å². The molecule has 1 unspecified atom stereocenters. The van der Waals surface area contributed by atoms with Crippen LogP contribution < -0.4 is 0 Å². The zero-order valence-electron chi connectivity index (χ0n) is 9.51. The summed E-state index contributed by atoms with van der Waals surface area (Å²) in [6.45, 7) is 2.15. The third-order valence-corrected chi connectivity index (χ3v) is 3.13. The van der Waals surface area contributed by atoms with E-state index in [1.54, 1.807) is 4.90 Å². The molecule has 0 saturated carbocycles. The molecule has 1 atom stereocenters. The molecule has 2 aliphatic heterocycles. The number of nitrogens with zero attached hydrogens (tertiary/aromatic N) is 1. The second-order valence-electron chi connectivity index (χ2n) is 4.16. The van der Waals surface area contributed by atoms with Gasteiger partial charge in [0.25, 0.3) is 5.91 Å². The number of aliphatic hydroxyl groups excluding tert-OH is 1. The van der Waals surface area contributed by atoms with Gasteiger partial charge in [-0.25, -0.2) is 0 Å². The largest absolute Gasteiger partial charge is 0.465 e. The van der Waals surface area contributed by atoms with Crippen molar-refractivity contribution in [2.75, 3.05) is 6.54 Å². The Morgan fingerprint density at radius 3 is 2.82 bits per heavy atom. The fraction of sp³-hybridized carbons (Fsp3) is 0.308. The predicted octanol–water partition coefficient (Wildman–Crippen LogP) is 1.57. The predicted molar refractivity (Wildman–Crippen MR) is 61.8 cm³/mol. The average Bonchev–Trinajstić information content (AvgIpc) is 2.63. The topological polar surface area (TPSA) is 49.8 Å². The molecule has 1 N–H and O–H groups in total. The first-order valence-corrected chi connectivity index (χ1v) is 5.71. The van der Waals surface area contributed by atoms with Crippen LogP contribution in [0.3, 0.4) is 0 Å². The molecular formula is C13H13NO3. The third-order valence-electron chi connectivity index (χ3n) is 3.13. The number of hydrogen-bond donors (Lipinski definition) is 1. The Morgan fingerprint density at radius 1 is 1.41 bits per heavy atom. The molecule has 0 aromatic heterocycles. The molecule has 1 amide bonds. The van der Waals surface area contributed by atoms with Gasteiger partial charge in [-0.05, 0) is 6.07 Å². The minimum Gasteiger partial charge on any atom is -0.465 e. The van der Waals surface area contributed by atoms with Crippen LogP contribution in [0, 0.1) is 0 Å². The lowest BCUT2D eigenvalue weighted by atomic mass is 10.1. The molecule has 1 aromatic rings. The first-order chi connectivity index (χ1) is 8.22. The number of fused-ring (bicyclic) bond motifs is 3. The van der Waals surface area contributed by atoms with Gasteiger partial charge >= 0.3 is 0 Å². The number of rotatable bonds is 1. The quantitative estimate of drug-likeness (QED) is 0.798. The van der Waals surface area contributed by atoms with Crippen molar-refractivity contribution < 1.29 is 14.6 Å². The van der Waals surface area contributed by atoms with Crippen LogP contribution in [-0.2, 0) is 4.74 Å². The highest BCUT2D eigenvalue weighted by Crippen LogP contribution is 2.38. The van der Waals surface area contributed by atoms with E-state index >= 15 is 0 Å². The van der Waals surface area contributed by atoms with Gasteiger partial charge in [-0.2, -0.15) is 0 Å². The van der Waals surface area contributed by atoms with E-state index in [2.05, 4.69) is 0 Å². The van der Waals surface area contributed by atoms with E-state index in [4.69, 9.17) is 4.74 Å². The molecule has 0 aliphatic carbocycles. The highest BCUT2D eigenvalue weighted by atomic mass is 16.6. The summed E-state index contributed by atoms with van der Waals surface area (Å²) in [6.07, 6.45) is -0.267. The van der Waals surface area contributed by atoms with Crippen molar-refractivity contribution in [2.24, 2.45) is 0 Å². The monoisotopic (exact) mass is 231 g/mol. The van der Waals surface area contributed by atoms with Crippen molar-refractivity contribution in [1.82, 2.24) is 4.90 Å². The molecule has 0 bridgehead atoms. The smallest absolute Gasteiger partial charge is 0.259 e. The standard InChI is InChI=1S/C13H13NO3/c1-2-10-12-8-5-3-4-6-9(8)13(16)14(12)7-11(15)17-10/h3-6,11,15H,2,7H2,1H3. The summed E-state index contributed by atoms with van der Waals surface area (Å²) in [7, 11) is 0. The first-order valence-electron chi connectivity index (χ1n) is 5.71. The molecule has 0 saturated heterocycles. The number of ether oxygens (including phenoxy) is 1. The van der Waals surface area contributed by atoms with Gasteiger partial charge in [-0.3, -0.25) is 9.69 Å². The van der Waals surface area contributed by atoms with E-state index < -0.39 is 6.29 Å². The normalized spacial score (nSPS) is 22.4. The van der Waals surface area contributed by atoms with Gasteiger partial charge in [0.2, 0.25) is 6.29 Å². The zero-order chi connectivity index (χ0) is 12.0. The van der Waals surface area contributed by atoms with Crippen molar-refractivity contribution in [2.45, 2.75) is 19.6 Å².